The van der Waals surface area contributed by atoms with Crippen LogP contribution in [0, 0.1) is 5.92 Å². The Hall–Kier alpha value is -1.36. The molecule has 0 saturated carbocycles. The summed E-state index contributed by atoms with van der Waals surface area (Å²) in [5.74, 6) is 1.91. The van der Waals surface area contributed by atoms with E-state index >= 15 is 0 Å². The first-order chi connectivity index (χ1) is 8.56. The zero-order valence-corrected chi connectivity index (χ0v) is 12.1. The maximum Gasteiger partial charge on any atom is 0.257 e. The molecule has 0 radical (unpaired) electrons. The fourth-order valence-electron chi connectivity index (χ4n) is 1.57. The van der Waals surface area contributed by atoms with Crippen molar-refractivity contribution >= 4 is 21.6 Å². The Morgan fingerprint density at radius 3 is 2.83 bits per heavy atom. The minimum Gasteiger partial charge on any atom is -0.398 e. The minimum absolute atomic E-state index is 0.521. The van der Waals surface area contributed by atoms with Crippen molar-refractivity contribution in [3.8, 4) is 11.5 Å². The Kier molecular flexibility index (Phi) is 4.01. The molecule has 0 aliphatic carbocycles. The smallest absolute Gasteiger partial charge is 0.257 e. The van der Waals surface area contributed by atoms with Crippen molar-refractivity contribution in [3.05, 3.63) is 28.5 Å². The zero-order chi connectivity index (χ0) is 13.1. The van der Waals surface area contributed by atoms with Gasteiger partial charge in [-0.05, 0) is 46.5 Å². The largest absolute Gasteiger partial charge is 0.398 e. The maximum atomic E-state index is 5.83. The molecule has 1 aromatic heterocycles. The number of hydrogen-bond acceptors (Lipinski definition) is 4. The van der Waals surface area contributed by atoms with Crippen molar-refractivity contribution < 1.29 is 4.52 Å². The van der Waals surface area contributed by atoms with Gasteiger partial charge in [0.1, 0.15) is 0 Å². The second-order valence-electron chi connectivity index (χ2n) is 4.68. The second kappa shape index (κ2) is 5.52. The fraction of sp³-hybridized carbons (Fsp3) is 0.385. The zero-order valence-electron chi connectivity index (χ0n) is 10.5. The van der Waals surface area contributed by atoms with Crippen LogP contribution in [0.15, 0.2) is 27.2 Å². The third-order valence-electron chi connectivity index (χ3n) is 2.66. The van der Waals surface area contributed by atoms with Crippen LogP contribution in [0.5, 0.6) is 0 Å². The predicted octanol–water partition coefficient (Wildman–Crippen LogP) is 3.67. The van der Waals surface area contributed by atoms with Gasteiger partial charge in [0.15, 0.2) is 5.82 Å². The lowest BCUT2D eigenvalue weighted by Gasteiger charge is -2.00. The lowest BCUT2D eigenvalue weighted by Crippen LogP contribution is -1.94. The van der Waals surface area contributed by atoms with Crippen LogP contribution < -0.4 is 5.73 Å². The summed E-state index contributed by atoms with van der Waals surface area (Å²) in [6.45, 7) is 4.35. The molecule has 1 heterocycles. The molecule has 0 spiro atoms. The summed E-state index contributed by atoms with van der Waals surface area (Å²) in [7, 11) is 0. The first-order valence-corrected chi connectivity index (χ1v) is 6.73. The van der Waals surface area contributed by atoms with Crippen molar-refractivity contribution in [2.24, 2.45) is 5.92 Å². The fourth-order valence-corrected chi connectivity index (χ4v) is 1.81. The molecule has 2 N–H and O–H groups in total. The highest BCUT2D eigenvalue weighted by Gasteiger charge is 2.10. The Labute approximate surface area is 115 Å². The van der Waals surface area contributed by atoms with E-state index in [0.717, 1.165) is 28.7 Å². The van der Waals surface area contributed by atoms with E-state index in [0.29, 0.717) is 17.5 Å². The van der Waals surface area contributed by atoms with Crippen LogP contribution in [-0.4, -0.2) is 10.1 Å². The van der Waals surface area contributed by atoms with Crippen molar-refractivity contribution in [1.29, 1.82) is 0 Å². The van der Waals surface area contributed by atoms with Gasteiger partial charge in [-0.15, -0.1) is 0 Å². The topological polar surface area (TPSA) is 64.9 Å². The van der Waals surface area contributed by atoms with Crippen molar-refractivity contribution in [2.75, 3.05) is 5.73 Å². The van der Waals surface area contributed by atoms with Gasteiger partial charge < -0.3 is 10.3 Å². The van der Waals surface area contributed by atoms with Gasteiger partial charge in [-0.1, -0.05) is 19.0 Å². The Bertz CT molecular complexity index is 537. The van der Waals surface area contributed by atoms with Gasteiger partial charge in [-0.3, -0.25) is 0 Å². The second-order valence-corrected chi connectivity index (χ2v) is 5.54. The van der Waals surface area contributed by atoms with Crippen LogP contribution in [0.25, 0.3) is 11.5 Å². The number of nitrogens with zero attached hydrogens (tertiary/aromatic N) is 2. The van der Waals surface area contributed by atoms with Gasteiger partial charge in [0.25, 0.3) is 5.89 Å². The molecular formula is C13H16BrN3O. The number of rotatable bonds is 4. The standard InChI is InChI=1S/C13H16BrN3O/c1-8(2)3-6-12-16-13(18-17-12)9-4-5-10(14)11(15)7-9/h4-5,7-8H,3,6,15H2,1-2H3. The molecule has 0 atom stereocenters. The molecule has 0 saturated heterocycles. The van der Waals surface area contributed by atoms with E-state index in [4.69, 9.17) is 10.3 Å². The quantitative estimate of drug-likeness (QED) is 0.875. The molecule has 18 heavy (non-hydrogen) atoms. The summed E-state index contributed by atoms with van der Waals surface area (Å²) in [6, 6.07) is 5.60. The van der Waals surface area contributed by atoms with E-state index in [1.54, 1.807) is 0 Å². The summed E-state index contributed by atoms with van der Waals surface area (Å²) in [4.78, 5) is 4.37. The van der Waals surface area contributed by atoms with Crippen LogP contribution in [0.4, 0.5) is 5.69 Å². The number of benzene rings is 1. The average molecular weight is 310 g/mol. The number of aryl methyl sites for hydroxylation is 1. The maximum absolute atomic E-state index is 5.83. The number of halogens is 1. The van der Waals surface area contributed by atoms with Crippen LogP contribution >= 0.6 is 15.9 Å². The molecule has 2 aromatic rings. The average Bonchev–Trinajstić information content (AvgIpc) is 2.79. The highest BCUT2D eigenvalue weighted by molar-refractivity contribution is 9.10. The van der Waals surface area contributed by atoms with Crippen molar-refractivity contribution in [3.63, 3.8) is 0 Å². The van der Waals surface area contributed by atoms with E-state index in [9.17, 15) is 0 Å². The monoisotopic (exact) mass is 309 g/mol. The van der Waals surface area contributed by atoms with E-state index in [2.05, 4.69) is 39.9 Å². The van der Waals surface area contributed by atoms with Gasteiger partial charge >= 0.3 is 0 Å². The molecular weight excluding hydrogens is 294 g/mol. The lowest BCUT2D eigenvalue weighted by atomic mass is 10.1. The molecule has 2 rings (SSSR count). The third kappa shape index (κ3) is 3.10. The molecule has 0 aliphatic heterocycles. The highest BCUT2D eigenvalue weighted by atomic mass is 79.9. The lowest BCUT2D eigenvalue weighted by molar-refractivity contribution is 0.419. The van der Waals surface area contributed by atoms with Crippen LogP contribution in [0.2, 0.25) is 0 Å². The van der Waals surface area contributed by atoms with Crippen LogP contribution in [-0.2, 0) is 6.42 Å². The Morgan fingerprint density at radius 2 is 2.17 bits per heavy atom. The first-order valence-electron chi connectivity index (χ1n) is 5.94. The number of anilines is 1. The Morgan fingerprint density at radius 1 is 1.39 bits per heavy atom. The number of nitrogens with two attached hydrogens (primary N) is 1. The molecule has 0 unspecified atom stereocenters. The highest BCUT2D eigenvalue weighted by Crippen LogP contribution is 2.26. The van der Waals surface area contributed by atoms with Crippen molar-refractivity contribution in [1.82, 2.24) is 10.1 Å². The molecule has 96 valence electrons. The van der Waals surface area contributed by atoms with Gasteiger partial charge in [0, 0.05) is 22.1 Å². The molecule has 1 aromatic carbocycles. The molecule has 0 bridgehead atoms. The SMILES string of the molecule is CC(C)CCc1noc(-c2ccc(Br)c(N)c2)n1. The summed E-state index contributed by atoms with van der Waals surface area (Å²) in [5, 5.41) is 3.98. The van der Waals surface area contributed by atoms with E-state index in [1.807, 2.05) is 18.2 Å². The van der Waals surface area contributed by atoms with Gasteiger partial charge in [0.2, 0.25) is 0 Å². The number of aromatic nitrogens is 2. The van der Waals surface area contributed by atoms with Gasteiger partial charge in [-0.2, -0.15) is 4.98 Å². The van der Waals surface area contributed by atoms with Crippen LogP contribution in [0.1, 0.15) is 26.1 Å². The molecule has 5 heteroatoms. The summed E-state index contributed by atoms with van der Waals surface area (Å²) >= 11 is 3.36. The van der Waals surface area contributed by atoms with Crippen LogP contribution in [0.3, 0.4) is 0 Å². The first kappa shape index (κ1) is 13.1. The molecule has 4 nitrogen and oxygen atoms in total. The molecule has 0 fully saturated rings. The Balaban J connectivity index is 2.16. The third-order valence-corrected chi connectivity index (χ3v) is 3.38. The normalized spacial score (nSPS) is 11.1. The number of hydrogen-bond donors (Lipinski definition) is 1. The van der Waals surface area contributed by atoms with Gasteiger partial charge in [0.05, 0.1) is 0 Å². The van der Waals surface area contributed by atoms with Crippen molar-refractivity contribution in [2.45, 2.75) is 26.7 Å². The molecule has 0 aliphatic rings. The van der Waals surface area contributed by atoms with E-state index in [-0.39, 0.29) is 0 Å². The van der Waals surface area contributed by atoms with E-state index < -0.39 is 0 Å². The number of nitrogen functional groups attached to an aromatic ring is 1. The van der Waals surface area contributed by atoms with E-state index in [1.165, 1.54) is 0 Å². The summed E-state index contributed by atoms with van der Waals surface area (Å²) < 4.78 is 6.11. The molecule has 0 amide bonds. The predicted molar refractivity (Wildman–Crippen MR) is 75.0 cm³/mol. The van der Waals surface area contributed by atoms with Gasteiger partial charge in [-0.25, -0.2) is 0 Å². The summed E-state index contributed by atoms with van der Waals surface area (Å²) in [6.07, 6.45) is 1.90. The minimum atomic E-state index is 0.521. The summed E-state index contributed by atoms with van der Waals surface area (Å²) in [5.41, 5.74) is 7.33.